The Bertz CT molecular complexity index is 160. The first-order valence-corrected chi connectivity index (χ1v) is 5.30. The van der Waals surface area contributed by atoms with Gasteiger partial charge < -0.3 is 10.4 Å². The molecular weight excluding hydrogens is 150 g/mol. The summed E-state index contributed by atoms with van der Waals surface area (Å²) in [7, 11) is 0. The van der Waals surface area contributed by atoms with Crippen LogP contribution in [-0.2, 0) is 0 Å². The second-order valence-electron chi connectivity index (χ2n) is 4.58. The quantitative estimate of drug-likeness (QED) is 0.537. The first-order valence-electron chi connectivity index (χ1n) is 5.30. The van der Waals surface area contributed by atoms with Crippen LogP contribution in [0.5, 0.6) is 0 Å². The van der Waals surface area contributed by atoms with Crippen LogP contribution in [0.2, 0.25) is 0 Å². The van der Waals surface area contributed by atoms with Gasteiger partial charge in [-0.25, -0.2) is 0 Å². The number of fused-ring (bicyclic) bond motifs is 1. The van der Waals surface area contributed by atoms with E-state index in [4.69, 9.17) is 0 Å². The molecule has 0 amide bonds. The van der Waals surface area contributed by atoms with Gasteiger partial charge in [0.15, 0.2) is 0 Å². The Morgan fingerprint density at radius 3 is 2.83 bits per heavy atom. The van der Waals surface area contributed by atoms with Crippen LogP contribution in [0.3, 0.4) is 0 Å². The number of rotatable bonds is 0. The molecule has 1 heterocycles. The minimum atomic E-state index is -0.00435. The minimum absolute atomic E-state index is 0.00435. The zero-order valence-electron chi connectivity index (χ0n) is 7.87. The van der Waals surface area contributed by atoms with Gasteiger partial charge in [-0.2, -0.15) is 0 Å². The lowest BCUT2D eigenvalue weighted by Crippen LogP contribution is -2.98. The van der Waals surface area contributed by atoms with E-state index in [9.17, 15) is 5.11 Å². The van der Waals surface area contributed by atoms with Gasteiger partial charge in [-0.1, -0.05) is 6.42 Å². The number of nitrogens with two attached hydrogens (primary N) is 1. The fraction of sp³-hybridized carbons (Fsp3) is 1.00. The molecular formula is C10H20NO+. The van der Waals surface area contributed by atoms with Crippen LogP contribution in [0.1, 0.15) is 39.0 Å². The molecule has 2 nitrogen and oxygen atoms in total. The predicted molar refractivity (Wildman–Crippen MR) is 47.8 cm³/mol. The van der Waals surface area contributed by atoms with Crippen LogP contribution >= 0.6 is 0 Å². The number of aliphatic hydroxyl groups excluding tert-OH is 1. The third-order valence-electron chi connectivity index (χ3n) is 3.56. The Balaban J connectivity index is 2.01. The molecule has 0 bridgehead atoms. The third kappa shape index (κ3) is 1.50. The van der Waals surface area contributed by atoms with Crippen LogP contribution in [0.15, 0.2) is 0 Å². The van der Waals surface area contributed by atoms with Crippen LogP contribution < -0.4 is 5.32 Å². The van der Waals surface area contributed by atoms with Crippen molar-refractivity contribution in [3.8, 4) is 0 Å². The molecule has 1 aliphatic heterocycles. The van der Waals surface area contributed by atoms with Crippen molar-refractivity contribution in [2.75, 3.05) is 0 Å². The molecule has 0 unspecified atom stereocenters. The van der Waals surface area contributed by atoms with Gasteiger partial charge in [0, 0.05) is 12.3 Å². The average Bonchev–Trinajstić information content (AvgIpc) is 2.04. The van der Waals surface area contributed by atoms with Crippen molar-refractivity contribution >= 4 is 0 Å². The van der Waals surface area contributed by atoms with Crippen molar-refractivity contribution < 1.29 is 10.4 Å². The Morgan fingerprint density at radius 2 is 2.00 bits per heavy atom. The second-order valence-corrected chi connectivity index (χ2v) is 4.58. The Labute approximate surface area is 74.4 Å². The van der Waals surface area contributed by atoms with E-state index in [2.05, 4.69) is 12.2 Å². The lowest BCUT2D eigenvalue weighted by atomic mass is 9.76. The largest absolute Gasteiger partial charge is 0.392 e. The molecule has 0 aromatic carbocycles. The van der Waals surface area contributed by atoms with Crippen molar-refractivity contribution in [1.29, 1.82) is 0 Å². The minimum Gasteiger partial charge on any atom is -0.392 e. The average molecular weight is 170 g/mol. The molecule has 0 spiro atoms. The highest BCUT2D eigenvalue weighted by molar-refractivity contribution is 4.83. The highest BCUT2D eigenvalue weighted by Gasteiger charge is 2.39. The molecule has 70 valence electrons. The van der Waals surface area contributed by atoms with E-state index in [0.717, 1.165) is 12.5 Å². The van der Waals surface area contributed by atoms with Crippen LogP contribution in [0.4, 0.5) is 0 Å². The van der Waals surface area contributed by atoms with Crippen molar-refractivity contribution in [1.82, 2.24) is 0 Å². The first kappa shape index (κ1) is 8.52. The molecule has 0 aromatic heterocycles. The van der Waals surface area contributed by atoms with E-state index in [1.807, 2.05) is 0 Å². The van der Waals surface area contributed by atoms with Crippen LogP contribution in [0.25, 0.3) is 0 Å². The number of hydrogen-bond donors (Lipinski definition) is 2. The third-order valence-corrected chi connectivity index (χ3v) is 3.56. The molecule has 1 saturated heterocycles. The maximum atomic E-state index is 9.85. The van der Waals surface area contributed by atoms with Gasteiger partial charge in [0.25, 0.3) is 0 Å². The molecule has 4 atom stereocenters. The molecule has 1 aliphatic carbocycles. The van der Waals surface area contributed by atoms with E-state index in [1.165, 1.54) is 25.7 Å². The Kier molecular flexibility index (Phi) is 2.37. The monoisotopic (exact) mass is 170 g/mol. The molecule has 2 fully saturated rings. The van der Waals surface area contributed by atoms with Crippen molar-refractivity contribution in [2.24, 2.45) is 5.92 Å². The molecule has 12 heavy (non-hydrogen) atoms. The second kappa shape index (κ2) is 3.35. The van der Waals surface area contributed by atoms with Gasteiger partial charge in [-0.05, 0) is 26.2 Å². The summed E-state index contributed by atoms with van der Waals surface area (Å²) in [5.74, 6) is 0.606. The summed E-state index contributed by atoms with van der Waals surface area (Å²) in [6.45, 7) is 2.23. The zero-order chi connectivity index (χ0) is 8.55. The van der Waals surface area contributed by atoms with Crippen LogP contribution in [0, 0.1) is 5.92 Å². The highest BCUT2D eigenvalue weighted by atomic mass is 16.3. The summed E-state index contributed by atoms with van der Waals surface area (Å²) >= 11 is 0. The summed E-state index contributed by atoms with van der Waals surface area (Å²) in [5, 5.41) is 12.3. The SMILES string of the molecule is C[C@@H]1C[C@H](O)[C@H]2CCCC[C@@H]2[NH2+]1. The summed E-state index contributed by atoms with van der Waals surface area (Å²) in [6.07, 6.45) is 6.29. The van der Waals surface area contributed by atoms with Crippen molar-refractivity contribution in [3.05, 3.63) is 0 Å². The summed E-state index contributed by atoms with van der Waals surface area (Å²) in [6, 6.07) is 1.37. The lowest BCUT2D eigenvalue weighted by molar-refractivity contribution is -0.739. The smallest absolute Gasteiger partial charge is 0.0914 e. The topological polar surface area (TPSA) is 36.8 Å². The van der Waals surface area contributed by atoms with Crippen molar-refractivity contribution in [2.45, 2.75) is 57.2 Å². The van der Waals surface area contributed by atoms with Gasteiger partial charge in [0.05, 0.1) is 18.2 Å². The Hall–Kier alpha value is -0.0800. The molecule has 2 heteroatoms. The zero-order valence-corrected chi connectivity index (χ0v) is 7.87. The first-order chi connectivity index (χ1) is 5.77. The van der Waals surface area contributed by atoms with E-state index in [-0.39, 0.29) is 6.10 Å². The standard InChI is InChI=1S/C10H19NO/c1-7-6-10(12)8-4-2-3-5-9(8)11-7/h7-12H,2-6H2,1H3/p+1/t7-,8+,9+,10+/m1/s1. The van der Waals surface area contributed by atoms with E-state index in [0.29, 0.717) is 12.0 Å². The normalized spacial score (nSPS) is 48.5. The maximum absolute atomic E-state index is 9.85. The molecule has 0 aromatic rings. The molecule has 0 radical (unpaired) electrons. The molecule has 2 aliphatic rings. The van der Waals surface area contributed by atoms with Gasteiger partial charge >= 0.3 is 0 Å². The fourth-order valence-electron chi connectivity index (χ4n) is 2.96. The van der Waals surface area contributed by atoms with Gasteiger partial charge in [0.2, 0.25) is 0 Å². The number of hydrogen-bond acceptors (Lipinski definition) is 1. The van der Waals surface area contributed by atoms with E-state index >= 15 is 0 Å². The van der Waals surface area contributed by atoms with Gasteiger partial charge in [-0.15, -0.1) is 0 Å². The summed E-state index contributed by atoms with van der Waals surface area (Å²) < 4.78 is 0. The van der Waals surface area contributed by atoms with E-state index < -0.39 is 0 Å². The fourth-order valence-corrected chi connectivity index (χ4v) is 2.96. The molecule has 1 saturated carbocycles. The van der Waals surface area contributed by atoms with E-state index in [1.54, 1.807) is 0 Å². The van der Waals surface area contributed by atoms with Crippen molar-refractivity contribution in [3.63, 3.8) is 0 Å². The summed E-state index contributed by atoms with van der Waals surface area (Å²) in [4.78, 5) is 0. The number of aliphatic hydroxyl groups is 1. The van der Waals surface area contributed by atoms with Gasteiger partial charge in [-0.3, -0.25) is 0 Å². The van der Waals surface area contributed by atoms with Gasteiger partial charge in [0.1, 0.15) is 0 Å². The lowest BCUT2D eigenvalue weighted by Gasteiger charge is -2.39. The number of piperidine rings is 1. The Morgan fingerprint density at radius 1 is 1.25 bits per heavy atom. The predicted octanol–water partition coefficient (Wildman–Crippen LogP) is 0.262. The molecule has 2 rings (SSSR count). The maximum Gasteiger partial charge on any atom is 0.0914 e. The highest BCUT2D eigenvalue weighted by Crippen LogP contribution is 2.28. The number of quaternary nitrogens is 1. The van der Waals surface area contributed by atoms with Crippen LogP contribution in [-0.4, -0.2) is 23.3 Å². The summed E-state index contributed by atoms with van der Waals surface area (Å²) in [5.41, 5.74) is 0. The molecule has 3 N–H and O–H groups in total.